The molecule has 23 heavy (non-hydrogen) atoms. The largest absolute Gasteiger partial charge is 0.462 e. The number of rotatable bonds is 14. The Morgan fingerprint density at radius 3 is 1.61 bits per heavy atom. The van der Waals surface area contributed by atoms with Gasteiger partial charge in [-0.25, -0.2) is 0 Å². The monoisotopic (exact) mass is 326 g/mol. The van der Waals surface area contributed by atoms with Crippen molar-refractivity contribution in [3.8, 4) is 0 Å². The molecule has 0 bridgehead atoms. The third-order valence-corrected chi connectivity index (χ3v) is 3.85. The molecule has 2 rings (SSSR count). The Morgan fingerprint density at radius 2 is 1.30 bits per heavy atom. The highest BCUT2D eigenvalue weighted by Crippen LogP contribution is 2.23. The topological polar surface area (TPSA) is 52.8 Å². The summed E-state index contributed by atoms with van der Waals surface area (Å²) in [5.74, 6) is 1.20. The summed E-state index contributed by atoms with van der Waals surface area (Å²) in [5, 5.41) is 0. The van der Waals surface area contributed by atoms with Crippen molar-refractivity contribution in [2.45, 2.75) is 63.9 Å². The molecule has 5 nitrogen and oxygen atoms in total. The first-order chi connectivity index (χ1) is 11.1. The van der Waals surface area contributed by atoms with Crippen LogP contribution in [0.5, 0.6) is 0 Å². The molecule has 0 aliphatic carbocycles. The lowest BCUT2D eigenvalue weighted by Gasteiger charge is -2.24. The van der Waals surface area contributed by atoms with E-state index in [1.54, 1.807) is 0 Å². The molecular formula is C18H30O5. The summed E-state index contributed by atoms with van der Waals surface area (Å²) in [4.78, 5) is 0. The van der Waals surface area contributed by atoms with Gasteiger partial charge in [-0.15, -0.1) is 0 Å². The summed E-state index contributed by atoms with van der Waals surface area (Å²) in [6, 6.07) is 0. The van der Waals surface area contributed by atoms with Crippen molar-refractivity contribution in [2.24, 2.45) is 0 Å². The van der Waals surface area contributed by atoms with E-state index in [4.69, 9.17) is 23.7 Å². The molecule has 0 amide bonds. The van der Waals surface area contributed by atoms with Crippen LogP contribution in [0.3, 0.4) is 0 Å². The standard InChI is InChI=1S/C18H30O5/c1-5-7-17(21-11-15-9-19-15)13(3)23-14(4)18(8-6-2)22-12-16-10-20-16/h15-18H,3-12H2,1-2H3. The molecule has 0 aromatic carbocycles. The zero-order chi connectivity index (χ0) is 16.7. The summed E-state index contributed by atoms with van der Waals surface area (Å²) >= 11 is 0. The predicted octanol–water partition coefficient (Wildman–Crippen LogP) is 3.20. The third kappa shape index (κ3) is 7.04. The van der Waals surface area contributed by atoms with Crippen molar-refractivity contribution >= 4 is 0 Å². The Hall–Kier alpha value is -0.880. The van der Waals surface area contributed by atoms with Gasteiger partial charge in [0.15, 0.2) is 0 Å². The van der Waals surface area contributed by atoms with Gasteiger partial charge < -0.3 is 23.7 Å². The maximum absolute atomic E-state index is 5.87. The van der Waals surface area contributed by atoms with Crippen molar-refractivity contribution in [1.82, 2.24) is 0 Å². The van der Waals surface area contributed by atoms with Crippen LogP contribution >= 0.6 is 0 Å². The lowest BCUT2D eigenvalue weighted by Crippen LogP contribution is -2.24. The SMILES string of the molecule is C=C(OC(=C)C(CCC)OCC1CO1)C(CCC)OCC1CO1. The summed E-state index contributed by atoms with van der Waals surface area (Å²) in [5.41, 5.74) is 0. The molecule has 0 spiro atoms. The quantitative estimate of drug-likeness (QED) is 0.362. The molecule has 132 valence electrons. The van der Waals surface area contributed by atoms with Crippen LogP contribution < -0.4 is 0 Å². The summed E-state index contributed by atoms with van der Waals surface area (Å²) in [6.45, 7) is 15.1. The van der Waals surface area contributed by atoms with E-state index >= 15 is 0 Å². The Balaban J connectivity index is 1.78. The first kappa shape index (κ1) is 18.5. The molecule has 0 aromatic heterocycles. The second-order valence-electron chi connectivity index (χ2n) is 6.17. The zero-order valence-electron chi connectivity index (χ0n) is 14.4. The minimum absolute atomic E-state index is 0.130. The molecule has 2 aliphatic heterocycles. The summed E-state index contributed by atoms with van der Waals surface area (Å²) in [6.07, 6.45) is 3.95. The number of ether oxygens (including phenoxy) is 5. The van der Waals surface area contributed by atoms with Crippen LogP contribution in [-0.2, 0) is 23.7 Å². The van der Waals surface area contributed by atoms with Gasteiger partial charge in [-0.3, -0.25) is 0 Å². The fourth-order valence-corrected chi connectivity index (χ4v) is 2.27. The van der Waals surface area contributed by atoms with Gasteiger partial charge in [0.05, 0.1) is 26.4 Å². The highest BCUT2D eigenvalue weighted by Gasteiger charge is 2.28. The predicted molar refractivity (Wildman–Crippen MR) is 88.1 cm³/mol. The van der Waals surface area contributed by atoms with Crippen molar-refractivity contribution in [3.63, 3.8) is 0 Å². The van der Waals surface area contributed by atoms with Crippen LogP contribution in [0.1, 0.15) is 39.5 Å². The Bertz CT molecular complexity index is 351. The molecular weight excluding hydrogens is 296 g/mol. The van der Waals surface area contributed by atoms with Crippen molar-refractivity contribution in [1.29, 1.82) is 0 Å². The Morgan fingerprint density at radius 1 is 0.913 bits per heavy atom. The van der Waals surface area contributed by atoms with E-state index < -0.39 is 0 Å². The molecule has 0 radical (unpaired) electrons. The van der Waals surface area contributed by atoms with Crippen LogP contribution in [0.25, 0.3) is 0 Å². The fraction of sp³-hybridized carbons (Fsp3) is 0.778. The summed E-state index contributed by atoms with van der Waals surface area (Å²) in [7, 11) is 0. The van der Waals surface area contributed by atoms with Crippen LogP contribution in [0.15, 0.2) is 24.7 Å². The molecule has 5 heteroatoms. The van der Waals surface area contributed by atoms with Gasteiger partial charge in [0, 0.05) is 0 Å². The first-order valence-electron chi connectivity index (χ1n) is 8.65. The summed E-state index contributed by atoms with van der Waals surface area (Å²) < 4.78 is 28.0. The van der Waals surface area contributed by atoms with Crippen LogP contribution in [0.2, 0.25) is 0 Å². The average molecular weight is 326 g/mol. The molecule has 0 saturated carbocycles. The van der Waals surface area contributed by atoms with Crippen molar-refractivity contribution < 1.29 is 23.7 Å². The smallest absolute Gasteiger partial charge is 0.125 e. The number of epoxide rings is 2. The molecule has 0 aromatic rings. The van der Waals surface area contributed by atoms with E-state index in [1.807, 2.05) is 0 Å². The van der Waals surface area contributed by atoms with E-state index in [-0.39, 0.29) is 24.4 Å². The van der Waals surface area contributed by atoms with E-state index in [2.05, 4.69) is 27.0 Å². The number of hydrogen-bond donors (Lipinski definition) is 0. The molecule has 4 unspecified atom stereocenters. The molecule has 2 aliphatic rings. The Labute approximate surface area is 139 Å². The molecule has 4 atom stereocenters. The van der Waals surface area contributed by atoms with Gasteiger partial charge in [-0.2, -0.15) is 0 Å². The van der Waals surface area contributed by atoms with Gasteiger partial charge in [0.2, 0.25) is 0 Å². The van der Waals surface area contributed by atoms with Gasteiger partial charge in [0.25, 0.3) is 0 Å². The molecule has 0 N–H and O–H groups in total. The average Bonchev–Trinajstić information content (AvgIpc) is 3.41. The van der Waals surface area contributed by atoms with Crippen LogP contribution in [0, 0.1) is 0 Å². The minimum atomic E-state index is -0.130. The normalized spacial score (nSPS) is 24.8. The van der Waals surface area contributed by atoms with Crippen LogP contribution in [-0.4, -0.2) is 50.8 Å². The maximum Gasteiger partial charge on any atom is 0.125 e. The highest BCUT2D eigenvalue weighted by molar-refractivity contribution is 5.03. The van der Waals surface area contributed by atoms with Gasteiger partial charge in [-0.05, 0) is 12.8 Å². The third-order valence-electron chi connectivity index (χ3n) is 3.85. The first-order valence-corrected chi connectivity index (χ1v) is 8.65. The molecule has 2 saturated heterocycles. The second-order valence-corrected chi connectivity index (χ2v) is 6.17. The van der Waals surface area contributed by atoms with Gasteiger partial charge in [0.1, 0.15) is 35.9 Å². The van der Waals surface area contributed by atoms with Gasteiger partial charge >= 0.3 is 0 Å². The van der Waals surface area contributed by atoms with Crippen molar-refractivity contribution in [3.05, 3.63) is 24.7 Å². The van der Waals surface area contributed by atoms with Gasteiger partial charge in [-0.1, -0.05) is 39.8 Å². The molecule has 2 fully saturated rings. The fourth-order valence-electron chi connectivity index (χ4n) is 2.27. The van der Waals surface area contributed by atoms with E-state index in [9.17, 15) is 0 Å². The zero-order valence-corrected chi connectivity index (χ0v) is 14.4. The van der Waals surface area contributed by atoms with Crippen molar-refractivity contribution in [2.75, 3.05) is 26.4 Å². The van der Waals surface area contributed by atoms with E-state index in [1.165, 1.54) is 0 Å². The lowest BCUT2D eigenvalue weighted by atomic mass is 10.1. The Kier molecular flexibility index (Phi) is 7.56. The van der Waals surface area contributed by atoms with E-state index in [0.29, 0.717) is 24.7 Å². The minimum Gasteiger partial charge on any atom is -0.462 e. The van der Waals surface area contributed by atoms with E-state index in [0.717, 1.165) is 38.9 Å². The highest BCUT2D eigenvalue weighted by atomic mass is 16.6. The number of hydrogen-bond acceptors (Lipinski definition) is 5. The van der Waals surface area contributed by atoms with Crippen LogP contribution in [0.4, 0.5) is 0 Å². The maximum atomic E-state index is 5.87. The molecule has 2 heterocycles. The lowest BCUT2D eigenvalue weighted by molar-refractivity contribution is 0.000249. The second kappa shape index (κ2) is 9.42.